The molecule has 0 atom stereocenters. The summed E-state index contributed by atoms with van der Waals surface area (Å²) in [6.45, 7) is 0. The summed E-state index contributed by atoms with van der Waals surface area (Å²) in [6.07, 6.45) is 0. The topological polar surface area (TPSA) is 28.9 Å². The number of oxazole rings is 1. The highest BCUT2D eigenvalue weighted by molar-refractivity contribution is 7.71. The zero-order valence-corrected chi connectivity index (χ0v) is 10.4. The molecule has 0 bridgehead atoms. The molecule has 3 aromatic rings. The van der Waals surface area contributed by atoms with Gasteiger partial charge in [0.15, 0.2) is 5.76 Å². The van der Waals surface area contributed by atoms with Gasteiger partial charge in [-0.25, -0.2) is 0 Å². The molecule has 0 saturated heterocycles. The van der Waals surface area contributed by atoms with Crippen LogP contribution in [-0.4, -0.2) is 4.98 Å². The molecule has 0 aliphatic heterocycles. The number of hydrogen-bond acceptors (Lipinski definition) is 2. The average Bonchev–Trinajstić information content (AvgIpc) is 2.83. The van der Waals surface area contributed by atoms with Gasteiger partial charge in [0.05, 0.1) is 5.69 Å². The van der Waals surface area contributed by atoms with Gasteiger partial charge >= 0.3 is 0 Å². The van der Waals surface area contributed by atoms with Gasteiger partial charge in [0, 0.05) is 11.1 Å². The first-order valence-corrected chi connectivity index (χ1v) is 6.09. The summed E-state index contributed by atoms with van der Waals surface area (Å²) in [4.78, 5) is 3.50. The van der Waals surface area contributed by atoms with Crippen LogP contribution in [0.4, 0.5) is 0 Å². The molecule has 2 aromatic carbocycles. The summed E-state index contributed by atoms with van der Waals surface area (Å²) >= 11 is 5.10. The van der Waals surface area contributed by atoms with Gasteiger partial charge in [-0.1, -0.05) is 60.7 Å². The molecular formula is C15H11NOS. The average molecular weight is 253 g/mol. The largest absolute Gasteiger partial charge is 0.429 e. The zero-order valence-electron chi connectivity index (χ0n) is 9.59. The van der Waals surface area contributed by atoms with Crippen LogP contribution in [0.25, 0.3) is 22.6 Å². The first-order valence-electron chi connectivity index (χ1n) is 5.68. The SMILES string of the molecule is S=c1[nH]c(-c2ccccc2)c(-c2ccccc2)o1. The Labute approximate surface area is 110 Å². The second-order valence-corrected chi connectivity index (χ2v) is 4.32. The van der Waals surface area contributed by atoms with Crippen LogP contribution < -0.4 is 0 Å². The maximum absolute atomic E-state index is 5.61. The van der Waals surface area contributed by atoms with E-state index in [0.717, 1.165) is 22.6 Å². The van der Waals surface area contributed by atoms with Gasteiger partial charge in [-0.15, -0.1) is 0 Å². The lowest BCUT2D eigenvalue weighted by molar-refractivity contribution is 0.554. The maximum atomic E-state index is 5.61. The molecule has 0 saturated carbocycles. The van der Waals surface area contributed by atoms with Crippen LogP contribution in [0.3, 0.4) is 0 Å². The highest BCUT2D eigenvalue weighted by atomic mass is 32.1. The van der Waals surface area contributed by atoms with Crippen molar-refractivity contribution in [2.45, 2.75) is 0 Å². The van der Waals surface area contributed by atoms with E-state index in [-0.39, 0.29) is 0 Å². The number of nitrogens with one attached hydrogen (secondary N) is 1. The third kappa shape index (κ3) is 2.00. The number of aromatic nitrogens is 1. The Bertz CT molecular complexity index is 638. The molecular weight excluding hydrogens is 242 g/mol. The van der Waals surface area contributed by atoms with E-state index >= 15 is 0 Å². The lowest BCUT2D eigenvalue weighted by Gasteiger charge is -2.01. The molecule has 1 N–H and O–H groups in total. The van der Waals surface area contributed by atoms with E-state index in [0.29, 0.717) is 4.84 Å². The van der Waals surface area contributed by atoms with E-state index in [4.69, 9.17) is 16.6 Å². The molecule has 3 heteroatoms. The Morgan fingerprint density at radius 2 is 1.33 bits per heavy atom. The van der Waals surface area contributed by atoms with Crippen LogP contribution in [0.1, 0.15) is 0 Å². The van der Waals surface area contributed by atoms with Crippen molar-refractivity contribution < 1.29 is 4.42 Å². The van der Waals surface area contributed by atoms with Crippen molar-refractivity contribution in [1.29, 1.82) is 0 Å². The van der Waals surface area contributed by atoms with E-state index in [1.165, 1.54) is 0 Å². The van der Waals surface area contributed by atoms with Crippen molar-refractivity contribution in [3.05, 3.63) is 65.5 Å². The molecule has 1 heterocycles. The third-order valence-corrected chi connectivity index (χ3v) is 2.93. The number of H-pyrrole nitrogens is 1. The highest BCUT2D eigenvalue weighted by Crippen LogP contribution is 2.31. The molecule has 0 aliphatic rings. The van der Waals surface area contributed by atoms with Crippen LogP contribution in [0.15, 0.2) is 65.1 Å². The van der Waals surface area contributed by atoms with Crippen LogP contribution in [-0.2, 0) is 0 Å². The van der Waals surface area contributed by atoms with E-state index < -0.39 is 0 Å². The van der Waals surface area contributed by atoms with Gasteiger partial charge in [0.25, 0.3) is 4.84 Å². The molecule has 0 amide bonds. The maximum Gasteiger partial charge on any atom is 0.266 e. The Hall–Kier alpha value is -2.13. The first-order chi connectivity index (χ1) is 8.84. The lowest BCUT2D eigenvalue weighted by Crippen LogP contribution is -1.81. The van der Waals surface area contributed by atoms with E-state index in [1.807, 2.05) is 60.7 Å². The normalized spacial score (nSPS) is 10.4. The standard InChI is InChI=1S/C15H11NOS/c18-15-16-13(11-7-3-1-4-8-11)14(17-15)12-9-5-2-6-10-12/h1-10H,(H,16,18). The van der Waals surface area contributed by atoms with Gasteiger partial charge < -0.3 is 9.40 Å². The fraction of sp³-hybridized carbons (Fsp3) is 0. The quantitative estimate of drug-likeness (QED) is 0.672. The fourth-order valence-electron chi connectivity index (χ4n) is 1.93. The van der Waals surface area contributed by atoms with E-state index in [1.54, 1.807) is 0 Å². The molecule has 1 aromatic heterocycles. The first kappa shape index (κ1) is 11.0. The number of hydrogen-bond donors (Lipinski definition) is 1. The summed E-state index contributed by atoms with van der Waals surface area (Å²) < 4.78 is 5.61. The van der Waals surface area contributed by atoms with Crippen molar-refractivity contribution in [1.82, 2.24) is 4.98 Å². The number of benzene rings is 2. The van der Waals surface area contributed by atoms with Crippen LogP contribution >= 0.6 is 12.2 Å². The molecule has 18 heavy (non-hydrogen) atoms. The molecule has 0 radical (unpaired) electrons. The Morgan fingerprint density at radius 3 is 1.94 bits per heavy atom. The fourth-order valence-corrected chi connectivity index (χ4v) is 2.11. The second kappa shape index (κ2) is 4.63. The molecule has 0 fully saturated rings. The molecule has 0 aliphatic carbocycles. The van der Waals surface area contributed by atoms with Gasteiger partial charge in [0.2, 0.25) is 0 Å². The summed E-state index contributed by atoms with van der Waals surface area (Å²) in [5.41, 5.74) is 3.01. The van der Waals surface area contributed by atoms with E-state index in [2.05, 4.69) is 4.98 Å². The summed E-state index contributed by atoms with van der Waals surface area (Å²) in [5, 5.41) is 0. The zero-order chi connectivity index (χ0) is 12.4. The monoisotopic (exact) mass is 253 g/mol. The van der Waals surface area contributed by atoms with Crippen LogP contribution in [0, 0.1) is 4.84 Å². The Balaban J connectivity index is 2.21. The van der Waals surface area contributed by atoms with E-state index in [9.17, 15) is 0 Å². The minimum atomic E-state index is 0.396. The predicted molar refractivity (Wildman–Crippen MR) is 74.8 cm³/mol. The Morgan fingerprint density at radius 1 is 0.778 bits per heavy atom. The van der Waals surface area contributed by atoms with Gasteiger partial charge in [-0.05, 0) is 12.2 Å². The van der Waals surface area contributed by atoms with Crippen molar-refractivity contribution >= 4 is 12.2 Å². The van der Waals surface area contributed by atoms with Crippen molar-refractivity contribution in [2.24, 2.45) is 0 Å². The Kier molecular flexibility index (Phi) is 2.82. The molecule has 3 rings (SSSR count). The van der Waals surface area contributed by atoms with Gasteiger partial charge in [-0.3, -0.25) is 0 Å². The van der Waals surface area contributed by atoms with Crippen LogP contribution in [0.2, 0.25) is 0 Å². The minimum Gasteiger partial charge on any atom is -0.429 e. The third-order valence-electron chi connectivity index (χ3n) is 2.75. The van der Waals surface area contributed by atoms with Gasteiger partial charge in [-0.2, -0.15) is 0 Å². The predicted octanol–water partition coefficient (Wildman–Crippen LogP) is 4.67. The molecule has 2 nitrogen and oxygen atoms in total. The van der Waals surface area contributed by atoms with Gasteiger partial charge in [0.1, 0.15) is 0 Å². The number of aromatic amines is 1. The summed E-state index contributed by atoms with van der Waals surface area (Å²) in [7, 11) is 0. The number of rotatable bonds is 2. The van der Waals surface area contributed by atoms with Crippen molar-refractivity contribution in [2.75, 3.05) is 0 Å². The molecule has 88 valence electrons. The summed E-state index contributed by atoms with van der Waals surface area (Å²) in [6, 6.07) is 20.0. The molecule has 0 unspecified atom stereocenters. The smallest absolute Gasteiger partial charge is 0.266 e. The van der Waals surface area contributed by atoms with Crippen molar-refractivity contribution in [3.63, 3.8) is 0 Å². The highest BCUT2D eigenvalue weighted by Gasteiger charge is 2.11. The lowest BCUT2D eigenvalue weighted by atomic mass is 10.1. The summed E-state index contributed by atoms with van der Waals surface area (Å²) in [5.74, 6) is 0.784. The van der Waals surface area contributed by atoms with Crippen molar-refractivity contribution in [3.8, 4) is 22.6 Å². The second-order valence-electron chi connectivity index (χ2n) is 3.95. The van der Waals surface area contributed by atoms with Crippen LogP contribution in [0.5, 0.6) is 0 Å². The molecule has 0 spiro atoms. The minimum absolute atomic E-state index is 0.396.